The Morgan fingerprint density at radius 1 is 1.05 bits per heavy atom. The van der Waals surface area contributed by atoms with Crippen LogP contribution in [0.5, 0.6) is 11.5 Å². The summed E-state index contributed by atoms with van der Waals surface area (Å²) in [4.78, 5) is 30.4. The van der Waals surface area contributed by atoms with Crippen LogP contribution in [-0.2, 0) is 6.42 Å². The molecule has 2 N–H and O–H groups in total. The van der Waals surface area contributed by atoms with Gasteiger partial charge in [0.15, 0.2) is 0 Å². The monoisotopic (exact) mass is 558 g/mol. The van der Waals surface area contributed by atoms with Gasteiger partial charge < -0.3 is 19.8 Å². The highest BCUT2D eigenvalue weighted by Gasteiger charge is 2.35. The number of hydrogen-bond acceptors (Lipinski definition) is 7. The number of halogens is 2. The molecular weight excluding hydrogens is 535 g/mol. The first kappa shape index (κ1) is 25.6. The molecule has 11 heteroatoms. The van der Waals surface area contributed by atoms with E-state index in [9.17, 15) is 9.18 Å². The van der Waals surface area contributed by atoms with Gasteiger partial charge in [-0.25, -0.2) is 24.1 Å². The summed E-state index contributed by atoms with van der Waals surface area (Å²) in [6, 6.07) is 18.3. The first-order valence-electron chi connectivity index (χ1n) is 12.7. The molecule has 0 bridgehead atoms. The topological polar surface area (TPSA) is 105 Å². The highest BCUT2D eigenvalue weighted by Crippen LogP contribution is 2.40. The SMILES string of the molecule is O=C(Oc1ccc(F)cc1)N1CCc2c([nH]c3ccc(Cl)cc23)C1c1ccc(OCCNc2ncncn2)cc1. The second kappa shape index (κ2) is 11.2. The van der Waals surface area contributed by atoms with Crippen molar-refractivity contribution in [3.8, 4) is 11.5 Å². The number of aromatic nitrogens is 4. The summed E-state index contributed by atoms with van der Waals surface area (Å²) in [5.74, 6) is 1.03. The smallest absolute Gasteiger partial charge is 0.416 e. The Labute approximate surface area is 234 Å². The van der Waals surface area contributed by atoms with E-state index < -0.39 is 18.0 Å². The van der Waals surface area contributed by atoms with Gasteiger partial charge in [-0.05, 0) is 72.1 Å². The highest BCUT2D eigenvalue weighted by molar-refractivity contribution is 6.31. The van der Waals surface area contributed by atoms with Gasteiger partial charge in [0.25, 0.3) is 0 Å². The zero-order chi connectivity index (χ0) is 27.5. The molecule has 9 nitrogen and oxygen atoms in total. The van der Waals surface area contributed by atoms with Crippen molar-refractivity contribution in [3.63, 3.8) is 0 Å². The van der Waals surface area contributed by atoms with E-state index in [2.05, 4.69) is 25.3 Å². The van der Waals surface area contributed by atoms with Crippen LogP contribution in [0.25, 0.3) is 10.9 Å². The zero-order valence-electron chi connectivity index (χ0n) is 21.2. The molecule has 1 aliphatic rings. The van der Waals surface area contributed by atoms with E-state index in [0.717, 1.165) is 27.7 Å². The first-order chi connectivity index (χ1) is 19.5. The van der Waals surface area contributed by atoms with Crippen LogP contribution in [0.15, 0.2) is 79.4 Å². The lowest BCUT2D eigenvalue weighted by atomic mass is 9.92. The van der Waals surface area contributed by atoms with E-state index in [-0.39, 0.29) is 5.75 Å². The van der Waals surface area contributed by atoms with Crippen LogP contribution in [0.2, 0.25) is 5.02 Å². The molecule has 5 aromatic rings. The largest absolute Gasteiger partial charge is 0.492 e. The first-order valence-corrected chi connectivity index (χ1v) is 13.1. The van der Waals surface area contributed by atoms with Crippen LogP contribution in [-0.4, -0.2) is 50.6 Å². The molecule has 1 unspecified atom stereocenters. The summed E-state index contributed by atoms with van der Waals surface area (Å²) in [5, 5.41) is 4.75. The average molecular weight is 559 g/mol. The zero-order valence-corrected chi connectivity index (χ0v) is 21.9. The standard InChI is InChI=1S/C29H24ClFN6O3/c30-19-3-10-25-24(15-19)23-11-13-37(29(38)40-22-8-4-20(31)5-9-22)27(26(23)36-25)18-1-6-21(7-2-18)39-14-12-33-28-34-16-32-17-35-28/h1-10,15-17,27,36H,11-14H2,(H,32,33,34,35). The number of hydrogen-bond donors (Lipinski definition) is 2. The Bertz CT molecular complexity index is 1630. The van der Waals surface area contributed by atoms with Gasteiger partial charge in [0.05, 0.1) is 6.54 Å². The maximum atomic E-state index is 13.4. The average Bonchev–Trinajstić information content (AvgIpc) is 3.35. The van der Waals surface area contributed by atoms with Gasteiger partial charge in [-0.1, -0.05) is 23.7 Å². The number of benzene rings is 3. The molecule has 2 aromatic heterocycles. The summed E-state index contributed by atoms with van der Waals surface area (Å²) < 4.78 is 24.9. The predicted octanol–water partition coefficient (Wildman–Crippen LogP) is 5.78. The Morgan fingerprint density at radius 3 is 2.58 bits per heavy atom. The van der Waals surface area contributed by atoms with Crippen molar-refractivity contribution in [3.05, 3.63) is 107 Å². The molecule has 0 saturated carbocycles. The molecular formula is C29H24ClFN6O3. The number of carbonyl (C=O) groups is 1. The quantitative estimate of drug-likeness (QED) is 0.244. The molecule has 6 rings (SSSR count). The van der Waals surface area contributed by atoms with Gasteiger partial charge in [0.2, 0.25) is 5.95 Å². The molecule has 1 amide bonds. The normalized spacial score (nSPS) is 14.6. The van der Waals surface area contributed by atoms with Gasteiger partial charge in [-0.3, -0.25) is 4.90 Å². The molecule has 202 valence electrons. The lowest BCUT2D eigenvalue weighted by molar-refractivity contribution is 0.135. The lowest BCUT2D eigenvalue weighted by Gasteiger charge is -2.35. The molecule has 3 aromatic carbocycles. The van der Waals surface area contributed by atoms with Crippen LogP contribution in [0.4, 0.5) is 15.1 Å². The Hall–Kier alpha value is -4.70. The van der Waals surface area contributed by atoms with Crippen LogP contribution in [0.1, 0.15) is 22.9 Å². The van der Waals surface area contributed by atoms with Crippen molar-refractivity contribution >= 4 is 34.5 Å². The Morgan fingerprint density at radius 2 is 1.80 bits per heavy atom. The van der Waals surface area contributed by atoms with E-state index >= 15 is 0 Å². The van der Waals surface area contributed by atoms with Crippen LogP contribution >= 0.6 is 11.6 Å². The molecule has 0 spiro atoms. The van der Waals surface area contributed by atoms with Crippen molar-refractivity contribution in [1.29, 1.82) is 0 Å². The predicted molar refractivity (Wildman–Crippen MR) is 148 cm³/mol. The van der Waals surface area contributed by atoms with Crippen molar-refractivity contribution < 1.29 is 18.7 Å². The van der Waals surface area contributed by atoms with Crippen molar-refractivity contribution in [2.45, 2.75) is 12.5 Å². The fourth-order valence-corrected chi connectivity index (χ4v) is 5.05. The lowest BCUT2D eigenvalue weighted by Crippen LogP contribution is -2.42. The number of carbonyl (C=O) groups excluding carboxylic acids is 1. The number of amides is 1. The Balaban J connectivity index is 1.25. The molecule has 0 fully saturated rings. The molecule has 0 radical (unpaired) electrons. The third-order valence-electron chi connectivity index (χ3n) is 6.69. The fourth-order valence-electron chi connectivity index (χ4n) is 4.87. The number of aromatic amines is 1. The minimum Gasteiger partial charge on any atom is -0.492 e. The maximum absolute atomic E-state index is 13.4. The van der Waals surface area contributed by atoms with Gasteiger partial charge >= 0.3 is 6.09 Å². The van der Waals surface area contributed by atoms with Crippen LogP contribution in [0, 0.1) is 5.82 Å². The minimum atomic E-state index is -0.524. The second-order valence-corrected chi connectivity index (χ2v) is 9.62. The van der Waals surface area contributed by atoms with Crippen molar-refractivity contribution in [1.82, 2.24) is 24.8 Å². The Kier molecular flexibility index (Phi) is 7.15. The van der Waals surface area contributed by atoms with Gasteiger partial charge in [-0.2, -0.15) is 0 Å². The molecule has 1 atom stereocenters. The third-order valence-corrected chi connectivity index (χ3v) is 6.92. The molecule has 40 heavy (non-hydrogen) atoms. The molecule has 0 saturated heterocycles. The summed E-state index contributed by atoms with van der Waals surface area (Å²) in [5.41, 5.74) is 3.83. The molecule has 3 heterocycles. The summed E-state index contributed by atoms with van der Waals surface area (Å²) in [6.45, 7) is 1.34. The summed E-state index contributed by atoms with van der Waals surface area (Å²) >= 11 is 6.30. The van der Waals surface area contributed by atoms with Crippen LogP contribution < -0.4 is 14.8 Å². The van der Waals surface area contributed by atoms with Gasteiger partial charge in [0, 0.05) is 28.2 Å². The van der Waals surface area contributed by atoms with Crippen molar-refractivity contribution in [2.24, 2.45) is 0 Å². The summed E-state index contributed by atoms with van der Waals surface area (Å²) in [7, 11) is 0. The second-order valence-electron chi connectivity index (χ2n) is 9.18. The van der Waals surface area contributed by atoms with E-state index in [1.54, 1.807) is 4.90 Å². The number of H-pyrrole nitrogens is 1. The third kappa shape index (κ3) is 5.39. The van der Waals surface area contributed by atoms with Crippen molar-refractivity contribution in [2.75, 3.05) is 25.0 Å². The number of anilines is 1. The minimum absolute atomic E-state index is 0.272. The van der Waals surface area contributed by atoms with Gasteiger partial charge in [0.1, 0.15) is 42.6 Å². The van der Waals surface area contributed by atoms with Gasteiger partial charge in [-0.15, -0.1) is 0 Å². The highest BCUT2D eigenvalue weighted by atomic mass is 35.5. The number of nitrogens with zero attached hydrogens (tertiary/aromatic N) is 4. The number of ether oxygens (including phenoxy) is 2. The fraction of sp³-hybridized carbons (Fsp3) is 0.172. The van der Waals surface area contributed by atoms with E-state index in [4.69, 9.17) is 21.1 Å². The number of fused-ring (bicyclic) bond motifs is 3. The molecule has 1 aliphatic heterocycles. The number of rotatable bonds is 7. The number of nitrogens with one attached hydrogen (secondary N) is 2. The summed E-state index contributed by atoms with van der Waals surface area (Å²) in [6.07, 6.45) is 2.95. The maximum Gasteiger partial charge on any atom is 0.416 e. The van der Waals surface area contributed by atoms with E-state index in [1.807, 2.05) is 42.5 Å². The van der Waals surface area contributed by atoms with E-state index in [1.165, 1.54) is 36.9 Å². The molecule has 0 aliphatic carbocycles. The van der Waals surface area contributed by atoms with E-state index in [0.29, 0.717) is 42.8 Å². The van der Waals surface area contributed by atoms with Crippen LogP contribution in [0.3, 0.4) is 0 Å².